The van der Waals surface area contributed by atoms with Crippen LogP contribution in [0.4, 0.5) is 0 Å². The van der Waals surface area contributed by atoms with E-state index < -0.39 is 0 Å². The largest absolute Gasteiger partial charge is 0.394 e. The topological polar surface area (TPSA) is 38.7 Å². The third kappa shape index (κ3) is 2.30. The maximum Gasteiger partial charge on any atom is 0.116 e. The Bertz CT molecular complexity index is 66.7. The van der Waals surface area contributed by atoms with E-state index in [9.17, 15) is 0 Å². The summed E-state index contributed by atoms with van der Waals surface area (Å²) in [5.74, 6) is 0. The third-order valence-electron chi connectivity index (χ3n) is 1.41. The van der Waals surface area contributed by atoms with Gasteiger partial charge < -0.3 is 5.11 Å². The number of aliphatic hydroxyl groups excluding tert-OH is 1. The molecule has 3 heteroatoms. The van der Waals surface area contributed by atoms with E-state index >= 15 is 0 Å². The molecule has 1 unspecified atom stereocenters. The fraction of sp³-hybridized carbons (Fsp3) is 1.00. The van der Waals surface area contributed by atoms with Crippen LogP contribution in [-0.4, -0.2) is 24.4 Å². The van der Waals surface area contributed by atoms with E-state index in [0.717, 1.165) is 19.3 Å². The first-order valence-corrected chi connectivity index (χ1v) is 3.32. The van der Waals surface area contributed by atoms with Crippen molar-refractivity contribution in [1.29, 1.82) is 0 Å². The SMILES string of the molecule is OCC1CCCCOO1. The van der Waals surface area contributed by atoms with E-state index in [-0.39, 0.29) is 12.7 Å². The molecule has 1 saturated heterocycles. The predicted molar refractivity (Wildman–Crippen MR) is 31.8 cm³/mol. The van der Waals surface area contributed by atoms with Crippen molar-refractivity contribution in [3.63, 3.8) is 0 Å². The second kappa shape index (κ2) is 3.82. The second-order valence-corrected chi connectivity index (χ2v) is 2.22. The van der Waals surface area contributed by atoms with Crippen LogP contribution in [0.15, 0.2) is 0 Å². The Morgan fingerprint density at radius 3 is 3.11 bits per heavy atom. The molecule has 0 aromatic carbocycles. The van der Waals surface area contributed by atoms with Crippen LogP contribution in [0.3, 0.4) is 0 Å². The first-order chi connectivity index (χ1) is 4.43. The molecule has 0 aromatic rings. The van der Waals surface area contributed by atoms with Crippen molar-refractivity contribution in [3.05, 3.63) is 0 Å². The van der Waals surface area contributed by atoms with E-state index in [1.165, 1.54) is 0 Å². The Balaban J connectivity index is 2.18. The van der Waals surface area contributed by atoms with Gasteiger partial charge in [0.1, 0.15) is 6.10 Å². The monoisotopic (exact) mass is 132 g/mol. The quantitative estimate of drug-likeness (QED) is 0.527. The summed E-state index contributed by atoms with van der Waals surface area (Å²) in [6.45, 7) is 0.733. The molecule has 0 aliphatic carbocycles. The van der Waals surface area contributed by atoms with Crippen molar-refractivity contribution < 1.29 is 14.9 Å². The van der Waals surface area contributed by atoms with E-state index in [4.69, 9.17) is 14.9 Å². The summed E-state index contributed by atoms with van der Waals surface area (Å²) in [6, 6.07) is 0. The van der Waals surface area contributed by atoms with Crippen molar-refractivity contribution in [1.82, 2.24) is 0 Å². The van der Waals surface area contributed by atoms with Crippen LogP contribution in [0.25, 0.3) is 0 Å². The van der Waals surface area contributed by atoms with Gasteiger partial charge in [0.2, 0.25) is 0 Å². The molecule has 3 nitrogen and oxygen atoms in total. The first kappa shape index (κ1) is 6.99. The maximum absolute atomic E-state index is 8.61. The van der Waals surface area contributed by atoms with Crippen LogP contribution in [0, 0.1) is 0 Å². The molecule has 1 N–H and O–H groups in total. The van der Waals surface area contributed by atoms with E-state index in [1.807, 2.05) is 0 Å². The van der Waals surface area contributed by atoms with Crippen molar-refractivity contribution in [3.8, 4) is 0 Å². The summed E-state index contributed by atoms with van der Waals surface area (Å²) in [5.41, 5.74) is 0. The Morgan fingerprint density at radius 2 is 2.33 bits per heavy atom. The maximum atomic E-state index is 8.61. The average Bonchev–Trinajstić information content (AvgIpc) is 2.13. The zero-order valence-electron chi connectivity index (χ0n) is 5.38. The molecule has 1 atom stereocenters. The van der Waals surface area contributed by atoms with Crippen LogP contribution < -0.4 is 0 Å². The minimum atomic E-state index is -0.0903. The lowest BCUT2D eigenvalue weighted by Crippen LogP contribution is -2.15. The fourth-order valence-corrected chi connectivity index (χ4v) is 0.847. The molecule has 1 aliphatic rings. The van der Waals surface area contributed by atoms with Crippen molar-refractivity contribution in [2.75, 3.05) is 13.2 Å². The third-order valence-corrected chi connectivity index (χ3v) is 1.41. The Morgan fingerprint density at radius 1 is 1.44 bits per heavy atom. The van der Waals surface area contributed by atoms with Gasteiger partial charge in [-0.1, -0.05) is 0 Å². The van der Waals surface area contributed by atoms with Gasteiger partial charge in [0.15, 0.2) is 0 Å². The molecular formula is C6H12O3. The lowest BCUT2D eigenvalue weighted by molar-refractivity contribution is -0.322. The predicted octanol–water partition coefficient (Wildman–Crippen LogP) is 0.479. The van der Waals surface area contributed by atoms with Gasteiger partial charge in [-0.05, 0) is 19.3 Å². The highest BCUT2D eigenvalue weighted by Crippen LogP contribution is 2.09. The van der Waals surface area contributed by atoms with Gasteiger partial charge >= 0.3 is 0 Å². The highest BCUT2D eigenvalue weighted by atomic mass is 17.2. The average molecular weight is 132 g/mol. The van der Waals surface area contributed by atoms with Gasteiger partial charge in [-0.25, -0.2) is 9.78 Å². The molecule has 1 aliphatic heterocycles. The zero-order chi connectivity index (χ0) is 6.53. The molecule has 0 amide bonds. The summed E-state index contributed by atoms with van der Waals surface area (Å²) in [4.78, 5) is 9.54. The van der Waals surface area contributed by atoms with Gasteiger partial charge in [0.05, 0.1) is 13.2 Å². The van der Waals surface area contributed by atoms with Gasteiger partial charge in [-0.15, -0.1) is 0 Å². The van der Waals surface area contributed by atoms with Crippen LogP contribution in [0.1, 0.15) is 19.3 Å². The molecule has 0 bridgehead atoms. The highest BCUT2D eigenvalue weighted by Gasteiger charge is 2.11. The van der Waals surface area contributed by atoms with Gasteiger partial charge in [-0.3, -0.25) is 0 Å². The number of aliphatic hydroxyl groups is 1. The zero-order valence-corrected chi connectivity index (χ0v) is 5.38. The van der Waals surface area contributed by atoms with Crippen molar-refractivity contribution >= 4 is 0 Å². The molecule has 1 rings (SSSR count). The molecule has 54 valence electrons. The van der Waals surface area contributed by atoms with Crippen LogP contribution in [0.2, 0.25) is 0 Å². The molecule has 1 heterocycles. The Labute approximate surface area is 54.5 Å². The molecule has 9 heavy (non-hydrogen) atoms. The lowest BCUT2D eigenvalue weighted by atomic mass is 10.2. The number of rotatable bonds is 1. The smallest absolute Gasteiger partial charge is 0.116 e. The first-order valence-electron chi connectivity index (χ1n) is 3.32. The second-order valence-electron chi connectivity index (χ2n) is 2.22. The minimum Gasteiger partial charge on any atom is -0.394 e. The molecule has 0 aromatic heterocycles. The molecule has 0 saturated carbocycles. The van der Waals surface area contributed by atoms with E-state index in [2.05, 4.69) is 0 Å². The standard InChI is InChI=1S/C6H12O3/c7-5-6-3-1-2-4-8-9-6/h6-7H,1-5H2. The van der Waals surface area contributed by atoms with Crippen LogP contribution in [0.5, 0.6) is 0 Å². The lowest BCUT2D eigenvalue weighted by Gasteiger charge is -2.07. The highest BCUT2D eigenvalue weighted by molar-refractivity contribution is 4.55. The Hall–Kier alpha value is -0.120. The molecular weight excluding hydrogens is 120 g/mol. The molecule has 0 radical (unpaired) electrons. The number of hydrogen-bond acceptors (Lipinski definition) is 3. The summed E-state index contributed by atoms with van der Waals surface area (Å²) < 4.78 is 0. The van der Waals surface area contributed by atoms with Gasteiger partial charge in [-0.2, -0.15) is 0 Å². The Kier molecular flexibility index (Phi) is 2.97. The van der Waals surface area contributed by atoms with Crippen LogP contribution in [-0.2, 0) is 9.78 Å². The van der Waals surface area contributed by atoms with Crippen molar-refractivity contribution in [2.24, 2.45) is 0 Å². The summed E-state index contributed by atoms with van der Waals surface area (Å²) >= 11 is 0. The van der Waals surface area contributed by atoms with E-state index in [0.29, 0.717) is 6.61 Å². The summed E-state index contributed by atoms with van der Waals surface area (Å²) in [7, 11) is 0. The molecule has 0 spiro atoms. The molecule has 1 fully saturated rings. The van der Waals surface area contributed by atoms with E-state index in [1.54, 1.807) is 0 Å². The van der Waals surface area contributed by atoms with Gasteiger partial charge in [0.25, 0.3) is 0 Å². The van der Waals surface area contributed by atoms with Crippen LogP contribution >= 0.6 is 0 Å². The van der Waals surface area contributed by atoms with Gasteiger partial charge in [0, 0.05) is 0 Å². The summed E-state index contributed by atoms with van der Waals surface area (Å²) in [6.07, 6.45) is 2.95. The van der Waals surface area contributed by atoms with Crippen molar-refractivity contribution in [2.45, 2.75) is 25.4 Å². The fourth-order valence-electron chi connectivity index (χ4n) is 0.847. The normalized spacial score (nSPS) is 29.7. The summed E-state index contributed by atoms with van der Waals surface area (Å²) in [5, 5.41) is 8.61. The minimum absolute atomic E-state index is 0.0694. The number of hydrogen-bond donors (Lipinski definition) is 1.